The van der Waals surface area contributed by atoms with Crippen molar-refractivity contribution in [1.82, 2.24) is 5.43 Å². The van der Waals surface area contributed by atoms with Gasteiger partial charge in [-0.25, -0.2) is 19.8 Å². The van der Waals surface area contributed by atoms with Gasteiger partial charge in [0.15, 0.2) is 5.71 Å². The van der Waals surface area contributed by atoms with Crippen LogP contribution in [-0.2, 0) is 4.79 Å². The number of hydrogen-bond donors (Lipinski definition) is 4. The minimum atomic E-state index is -1.49. The summed E-state index contributed by atoms with van der Waals surface area (Å²) in [5.74, 6) is -2.80. The summed E-state index contributed by atoms with van der Waals surface area (Å²) in [7, 11) is 0. The van der Waals surface area contributed by atoms with Crippen LogP contribution in [0.1, 0.15) is 15.9 Å². The molecule has 0 heterocycles. The van der Waals surface area contributed by atoms with Crippen LogP contribution in [0, 0.1) is 0 Å². The molecule has 5 N–H and O–H groups in total. The molecule has 0 atom stereocenters. The summed E-state index contributed by atoms with van der Waals surface area (Å²) in [6.07, 6.45) is 0. The Morgan fingerprint density at radius 1 is 1.11 bits per heavy atom. The van der Waals surface area contributed by atoms with Gasteiger partial charge in [0.05, 0.1) is 5.56 Å². The van der Waals surface area contributed by atoms with Crippen molar-refractivity contribution < 1.29 is 24.6 Å². The van der Waals surface area contributed by atoms with Gasteiger partial charge >= 0.3 is 18.0 Å². The van der Waals surface area contributed by atoms with E-state index in [4.69, 9.17) is 15.9 Å². The number of hydrazone groups is 1. The van der Waals surface area contributed by atoms with Gasteiger partial charge in [0.25, 0.3) is 0 Å². The highest BCUT2D eigenvalue weighted by Crippen LogP contribution is 2.10. The molecule has 0 aromatic heterocycles. The SMILES string of the molecule is NC(=O)NN=C(C(=O)O)c1ccccc1C(=O)O. The number of carbonyl (C=O) groups excluding carboxylic acids is 1. The molecule has 0 radical (unpaired) electrons. The lowest BCUT2D eigenvalue weighted by atomic mass is 10.0. The summed E-state index contributed by atoms with van der Waals surface area (Å²) < 4.78 is 0. The molecule has 1 aromatic rings. The van der Waals surface area contributed by atoms with Crippen LogP contribution in [0.25, 0.3) is 0 Å². The number of hydrogen-bond acceptors (Lipinski definition) is 4. The number of carboxylic acids is 2. The molecular weight excluding hydrogens is 242 g/mol. The Kier molecular flexibility index (Phi) is 3.98. The second-order valence-electron chi connectivity index (χ2n) is 3.09. The molecule has 1 rings (SSSR count). The maximum atomic E-state index is 11.0. The van der Waals surface area contributed by atoms with E-state index in [1.165, 1.54) is 24.3 Å². The molecule has 1 aromatic carbocycles. The molecule has 18 heavy (non-hydrogen) atoms. The summed E-state index contributed by atoms with van der Waals surface area (Å²) in [6, 6.07) is 4.32. The van der Waals surface area contributed by atoms with Crippen molar-refractivity contribution in [2.75, 3.05) is 0 Å². The number of nitrogens with one attached hydrogen (secondary N) is 1. The van der Waals surface area contributed by atoms with E-state index in [2.05, 4.69) is 5.10 Å². The number of nitrogens with zero attached hydrogens (tertiary/aromatic N) is 1. The van der Waals surface area contributed by atoms with Crippen molar-refractivity contribution in [1.29, 1.82) is 0 Å². The van der Waals surface area contributed by atoms with Crippen LogP contribution in [-0.4, -0.2) is 33.9 Å². The first kappa shape index (κ1) is 13.2. The second kappa shape index (κ2) is 5.43. The van der Waals surface area contributed by atoms with Crippen LogP contribution in [0.15, 0.2) is 29.4 Å². The Morgan fingerprint density at radius 3 is 2.11 bits per heavy atom. The summed E-state index contributed by atoms with van der Waals surface area (Å²) in [6.45, 7) is 0. The number of carboxylic acid groups (broad SMARTS) is 2. The van der Waals surface area contributed by atoms with Gasteiger partial charge in [-0.1, -0.05) is 18.2 Å². The fraction of sp³-hybridized carbons (Fsp3) is 0. The van der Waals surface area contributed by atoms with Gasteiger partial charge in [-0.2, -0.15) is 5.10 Å². The van der Waals surface area contributed by atoms with Crippen molar-refractivity contribution in [3.8, 4) is 0 Å². The highest BCUT2D eigenvalue weighted by Gasteiger charge is 2.20. The third-order valence-electron chi connectivity index (χ3n) is 1.89. The summed E-state index contributed by atoms with van der Waals surface area (Å²) in [5.41, 5.74) is 5.50. The summed E-state index contributed by atoms with van der Waals surface area (Å²) >= 11 is 0. The molecule has 0 unspecified atom stereocenters. The van der Waals surface area contributed by atoms with Crippen LogP contribution in [0.5, 0.6) is 0 Å². The minimum absolute atomic E-state index is 0.133. The zero-order chi connectivity index (χ0) is 13.7. The number of primary amides is 1. The van der Waals surface area contributed by atoms with Crippen LogP contribution in [0.3, 0.4) is 0 Å². The van der Waals surface area contributed by atoms with Gasteiger partial charge in [-0.05, 0) is 6.07 Å². The largest absolute Gasteiger partial charge is 0.478 e. The van der Waals surface area contributed by atoms with Gasteiger partial charge in [-0.3, -0.25) is 0 Å². The molecule has 8 heteroatoms. The molecule has 0 bridgehead atoms. The van der Waals surface area contributed by atoms with Crippen LogP contribution >= 0.6 is 0 Å². The number of carbonyl (C=O) groups is 3. The number of amides is 2. The highest BCUT2D eigenvalue weighted by molar-refractivity contribution is 6.43. The second-order valence-corrected chi connectivity index (χ2v) is 3.09. The van der Waals surface area contributed by atoms with E-state index in [0.29, 0.717) is 0 Å². The molecule has 0 spiro atoms. The topological polar surface area (TPSA) is 142 Å². The average molecular weight is 251 g/mol. The normalized spacial score (nSPS) is 10.8. The number of aliphatic carboxylic acids is 1. The fourth-order valence-corrected chi connectivity index (χ4v) is 1.21. The van der Waals surface area contributed by atoms with Crippen molar-refractivity contribution in [3.05, 3.63) is 35.4 Å². The van der Waals surface area contributed by atoms with E-state index >= 15 is 0 Å². The number of benzene rings is 1. The maximum absolute atomic E-state index is 11.0. The third-order valence-corrected chi connectivity index (χ3v) is 1.89. The molecule has 0 saturated carbocycles. The Hall–Kier alpha value is -2.90. The van der Waals surface area contributed by atoms with Crippen LogP contribution < -0.4 is 11.2 Å². The standard InChI is InChI=1S/C10H9N3O5/c11-10(18)13-12-7(9(16)17)5-3-1-2-4-6(5)8(14)15/h1-4H,(H,14,15)(H,16,17)(H3,11,13,18). The van der Waals surface area contributed by atoms with E-state index < -0.39 is 23.7 Å². The van der Waals surface area contributed by atoms with E-state index in [9.17, 15) is 14.4 Å². The molecule has 0 saturated heterocycles. The van der Waals surface area contributed by atoms with Crippen molar-refractivity contribution >= 4 is 23.7 Å². The lowest BCUT2D eigenvalue weighted by molar-refractivity contribution is -0.129. The molecule has 0 aliphatic heterocycles. The molecule has 0 fully saturated rings. The molecule has 94 valence electrons. The quantitative estimate of drug-likeness (QED) is 0.434. The van der Waals surface area contributed by atoms with Crippen molar-refractivity contribution in [2.45, 2.75) is 0 Å². The molecule has 2 amide bonds. The maximum Gasteiger partial charge on any atom is 0.356 e. The first-order valence-corrected chi connectivity index (χ1v) is 4.62. The van der Waals surface area contributed by atoms with Gasteiger partial charge in [0.2, 0.25) is 0 Å². The fourth-order valence-electron chi connectivity index (χ4n) is 1.21. The van der Waals surface area contributed by atoms with Gasteiger partial charge in [0.1, 0.15) is 0 Å². The Morgan fingerprint density at radius 2 is 1.67 bits per heavy atom. The first-order valence-electron chi connectivity index (χ1n) is 4.62. The minimum Gasteiger partial charge on any atom is -0.478 e. The first-order chi connectivity index (χ1) is 8.43. The van der Waals surface area contributed by atoms with Gasteiger partial charge < -0.3 is 15.9 Å². The number of aromatic carboxylic acids is 1. The number of rotatable bonds is 4. The Labute approximate surface area is 101 Å². The molecule has 0 aliphatic rings. The number of urea groups is 1. The molecule has 0 aliphatic carbocycles. The van der Waals surface area contributed by atoms with E-state index in [-0.39, 0.29) is 11.1 Å². The Bertz CT molecular complexity index is 538. The van der Waals surface area contributed by atoms with E-state index in [1.807, 2.05) is 0 Å². The summed E-state index contributed by atoms with van der Waals surface area (Å²) in [4.78, 5) is 32.4. The average Bonchev–Trinajstić information content (AvgIpc) is 2.28. The highest BCUT2D eigenvalue weighted by atomic mass is 16.4. The summed E-state index contributed by atoms with van der Waals surface area (Å²) in [5, 5.41) is 21.1. The van der Waals surface area contributed by atoms with E-state index in [0.717, 1.165) is 0 Å². The monoisotopic (exact) mass is 251 g/mol. The lowest BCUT2D eigenvalue weighted by Crippen LogP contribution is -2.29. The zero-order valence-corrected chi connectivity index (χ0v) is 8.95. The van der Waals surface area contributed by atoms with Gasteiger partial charge in [0, 0.05) is 5.56 Å². The predicted octanol–water partition coefficient (Wildman–Crippen LogP) is -0.158. The van der Waals surface area contributed by atoms with Crippen LogP contribution in [0.2, 0.25) is 0 Å². The van der Waals surface area contributed by atoms with Gasteiger partial charge in [-0.15, -0.1) is 0 Å². The Balaban J connectivity index is 3.30. The van der Waals surface area contributed by atoms with Crippen molar-refractivity contribution in [3.63, 3.8) is 0 Å². The van der Waals surface area contributed by atoms with Crippen LogP contribution in [0.4, 0.5) is 4.79 Å². The lowest BCUT2D eigenvalue weighted by Gasteiger charge is -2.05. The molecule has 8 nitrogen and oxygen atoms in total. The third kappa shape index (κ3) is 3.04. The van der Waals surface area contributed by atoms with E-state index in [1.54, 1.807) is 5.43 Å². The zero-order valence-electron chi connectivity index (χ0n) is 8.95. The molecular formula is C10H9N3O5. The van der Waals surface area contributed by atoms with Crippen molar-refractivity contribution in [2.24, 2.45) is 10.8 Å². The smallest absolute Gasteiger partial charge is 0.356 e. The number of nitrogens with two attached hydrogens (primary N) is 1. The predicted molar refractivity (Wildman–Crippen MR) is 60.3 cm³/mol.